The Bertz CT molecular complexity index is 436. The number of benzene rings is 1. The fourth-order valence-corrected chi connectivity index (χ4v) is 4.10. The molecule has 2 fully saturated rings. The molecular formula is C18H28N2O. The summed E-state index contributed by atoms with van der Waals surface area (Å²) in [7, 11) is 2.09. The quantitative estimate of drug-likeness (QED) is 0.901. The lowest BCUT2D eigenvalue weighted by Crippen LogP contribution is -2.54. The molecule has 2 bridgehead atoms. The van der Waals surface area contributed by atoms with Crippen molar-refractivity contribution in [2.75, 3.05) is 20.1 Å². The highest BCUT2D eigenvalue weighted by Gasteiger charge is 2.39. The van der Waals surface area contributed by atoms with Crippen molar-refractivity contribution < 1.29 is 4.74 Å². The van der Waals surface area contributed by atoms with Gasteiger partial charge in [0.15, 0.2) is 0 Å². The number of rotatable bonds is 5. The van der Waals surface area contributed by atoms with Crippen LogP contribution in [0.2, 0.25) is 0 Å². The molecule has 2 aliphatic rings. The van der Waals surface area contributed by atoms with Crippen LogP contribution in [0.5, 0.6) is 0 Å². The highest BCUT2D eigenvalue weighted by molar-refractivity contribution is 5.21. The predicted octanol–water partition coefficient (Wildman–Crippen LogP) is 2.83. The molecule has 2 heterocycles. The van der Waals surface area contributed by atoms with Crippen LogP contribution in [-0.4, -0.2) is 43.3 Å². The monoisotopic (exact) mass is 288 g/mol. The van der Waals surface area contributed by atoms with Crippen LogP contribution in [0.15, 0.2) is 30.3 Å². The first-order chi connectivity index (χ1) is 10.2. The highest BCUT2D eigenvalue weighted by atomic mass is 16.5. The van der Waals surface area contributed by atoms with Gasteiger partial charge >= 0.3 is 0 Å². The van der Waals surface area contributed by atoms with Gasteiger partial charge in [-0.15, -0.1) is 0 Å². The molecule has 4 atom stereocenters. The summed E-state index contributed by atoms with van der Waals surface area (Å²) in [5.41, 5.74) is 1.39. The van der Waals surface area contributed by atoms with Gasteiger partial charge in [-0.2, -0.15) is 0 Å². The van der Waals surface area contributed by atoms with Crippen molar-refractivity contribution >= 4 is 0 Å². The highest BCUT2D eigenvalue weighted by Crippen LogP contribution is 2.33. The first-order valence-electron chi connectivity index (χ1n) is 8.30. The van der Waals surface area contributed by atoms with Crippen molar-refractivity contribution in [1.29, 1.82) is 0 Å². The fraction of sp³-hybridized carbons (Fsp3) is 0.667. The lowest BCUT2D eigenvalue weighted by Gasteiger charge is -2.43. The summed E-state index contributed by atoms with van der Waals surface area (Å²) in [6.45, 7) is 6.86. The average molecular weight is 288 g/mol. The van der Waals surface area contributed by atoms with Gasteiger partial charge < -0.3 is 10.1 Å². The van der Waals surface area contributed by atoms with E-state index < -0.39 is 0 Å². The summed E-state index contributed by atoms with van der Waals surface area (Å²) in [4.78, 5) is 2.67. The van der Waals surface area contributed by atoms with Crippen molar-refractivity contribution in [3.8, 4) is 0 Å². The Morgan fingerprint density at radius 1 is 1.10 bits per heavy atom. The summed E-state index contributed by atoms with van der Waals surface area (Å²) in [5, 5.41) is 3.56. The molecule has 2 saturated heterocycles. The van der Waals surface area contributed by atoms with E-state index in [1.807, 2.05) is 0 Å². The number of nitrogens with one attached hydrogen (secondary N) is 1. The minimum atomic E-state index is 0.378. The van der Waals surface area contributed by atoms with E-state index in [1.54, 1.807) is 0 Å². The van der Waals surface area contributed by atoms with Gasteiger partial charge in [-0.1, -0.05) is 44.2 Å². The third-order valence-corrected chi connectivity index (χ3v) is 4.99. The molecule has 0 amide bonds. The Kier molecular flexibility index (Phi) is 4.63. The Hall–Kier alpha value is -0.900. The number of hydrogen-bond donors (Lipinski definition) is 1. The summed E-state index contributed by atoms with van der Waals surface area (Å²) in [6, 6.07) is 11.8. The minimum Gasteiger partial charge on any atom is -0.372 e. The van der Waals surface area contributed by atoms with E-state index >= 15 is 0 Å². The maximum Gasteiger partial charge on any atom is 0.0707 e. The zero-order valence-electron chi connectivity index (χ0n) is 13.5. The number of nitrogens with zero attached hydrogens (tertiary/aromatic N) is 1. The van der Waals surface area contributed by atoms with Crippen LogP contribution >= 0.6 is 0 Å². The predicted molar refractivity (Wildman–Crippen MR) is 86.3 cm³/mol. The number of hydrogen-bond acceptors (Lipinski definition) is 3. The molecule has 116 valence electrons. The Labute approximate surface area is 128 Å². The van der Waals surface area contributed by atoms with E-state index in [-0.39, 0.29) is 0 Å². The van der Waals surface area contributed by atoms with Crippen molar-refractivity contribution in [3.05, 3.63) is 35.9 Å². The topological polar surface area (TPSA) is 24.5 Å². The van der Waals surface area contributed by atoms with E-state index in [4.69, 9.17) is 4.74 Å². The second-order valence-electron chi connectivity index (χ2n) is 6.82. The van der Waals surface area contributed by atoms with Crippen LogP contribution < -0.4 is 5.32 Å². The second kappa shape index (κ2) is 6.47. The molecule has 3 rings (SSSR count). The second-order valence-corrected chi connectivity index (χ2v) is 6.82. The van der Waals surface area contributed by atoms with Crippen molar-refractivity contribution in [2.24, 2.45) is 5.92 Å². The molecule has 1 N–H and O–H groups in total. The molecule has 21 heavy (non-hydrogen) atoms. The van der Waals surface area contributed by atoms with Crippen molar-refractivity contribution in [2.45, 2.75) is 51.0 Å². The molecule has 0 saturated carbocycles. The van der Waals surface area contributed by atoms with Gasteiger partial charge in [0.2, 0.25) is 0 Å². The first-order valence-corrected chi connectivity index (χ1v) is 8.30. The molecular weight excluding hydrogens is 260 g/mol. The van der Waals surface area contributed by atoms with Crippen molar-refractivity contribution in [1.82, 2.24) is 10.2 Å². The largest absolute Gasteiger partial charge is 0.372 e. The number of ether oxygens (including phenoxy) is 1. The Morgan fingerprint density at radius 3 is 2.24 bits per heavy atom. The van der Waals surface area contributed by atoms with Gasteiger partial charge in [0.05, 0.1) is 12.2 Å². The number of morpholine rings is 1. The summed E-state index contributed by atoms with van der Waals surface area (Å²) in [6.07, 6.45) is 3.39. The van der Waals surface area contributed by atoms with Gasteiger partial charge in [0.25, 0.3) is 0 Å². The van der Waals surface area contributed by atoms with Crippen molar-refractivity contribution in [3.63, 3.8) is 0 Å². The Balaban J connectivity index is 1.83. The molecule has 0 aromatic heterocycles. The first kappa shape index (κ1) is 15.0. The minimum absolute atomic E-state index is 0.378. The summed E-state index contributed by atoms with van der Waals surface area (Å²) in [5.74, 6) is 0.611. The van der Waals surface area contributed by atoms with E-state index in [1.165, 1.54) is 18.4 Å². The van der Waals surface area contributed by atoms with Gasteiger partial charge in [0.1, 0.15) is 0 Å². The lowest BCUT2D eigenvalue weighted by molar-refractivity contribution is -0.0647. The van der Waals surface area contributed by atoms with Gasteiger partial charge in [0, 0.05) is 25.2 Å². The molecule has 0 radical (unpaired) electrons. The maximum atomic E-state index is 6.01. The van der Waals surface area contributed by atoms with E-state index in [9.17, 15) is 0 Å². The molecule has 0 spiro atoms. The Morgan fingerprint density at radius 2 is 1.71 bits per heavy atom. The smallest absolute Gasteiger partial charge is 0.0707 e. The molecule has 0 aliphatic carbocycles. The maximum absolute atomic E-state index is 6.01. The molecule has 3 nitrogen and oxygen atoms in total. The molecule has 3 heteroatoms. The fourth-order valence-electron chi connectivity index (χ4n) is 4.10. The zero-order valence-corrected chi connectivity index (χ0v) is 13.5. The average Bonchev–Trinajstić information content (AvgIpc) is 2.83. The number of fused-ring (bicyclic) bond motifs is 2. The van der Waals surface area contributed by atoms with Crippen LogP contribution in [0, 0.1) is 5.92 Å². The third kappa shape index (κ3) is 3.15. The van der Waals surface area contributed by atoms with Crippen LogP contribution in [0.1, 0.15) is 38.3 Å². The van der Waals surface area contributed by atoms with E-state index in [2.05, 4.69) is 61.4 Å². The summed E-state index contributed by atoms with van der Waals surface area (Å²) >= 11 is 0. The third-order valence-electron chi connectivity index (χ3n) is 4.99. The zero-order chi connectivity index (χ0) is 14.8. The molecule has 1 aromatic rings. The van der Waals surface area contributed by atoms with Gasteiger partial charge in [-0.25, -0.2) is 0 Å². The van der Waals surface area contributed by atoms with Crippen LogP contribution in [0.3, 0.4) is 0 Å². The van der Waals surface area contributed by atoms with Crippen LogP contribution in [0.4, 0.5) is 0 Å². The van der Waals surface area contributed by atoms with Gasteiger partial charge in [-0.3, -0.25) is 4.90 Å². The summed E-state index contributed by atoms with van der Waals surface area (Å²) < 4.78 is 6.01. The molecule has 2 aliphatic heterocycles. The van der Waals surface area contributed by atoms with Crippen LogP contribution in [0.25, 0.3) is 0 Å². The number of likely N-dealkylation sites (N-methyl/N-ethyl adjacent to an activating group) is 1. The van der Waals surface area contributed by atoms with E-state index in [0.29, 0.717) is 30.2 Å². The molecule has 4 unspecified atom stereocenters. The van der Waals surface area contributed by atoms with E-state index in [0.717, 1.165) is 13.1 Å². The lowest BCUT2D eigenvalue weighted by atomic mass is 9.89. The SMILES string of the molecule is CNC(c1ccccc1)C(C(C)C)N1CC2CCC(C1)O2. The molecule has 1 aromatic carbocycles. The normalized spacial score (nSPS) is 28.8. The number of likely N-dealkylation sites (tertiary alicyclic amines) is 1. The standard InChI is InChI=1S/C18H28N2O/c1-13(2)18(17(19-3)14-7-5-4-6-8-14)20-11-15-9-10-16(12-20)21-15/h4-8,13,15-19H,9-12H2,1-3H3. The van der Waals surface area contributed by atoms with Gasteiger partial charge in [-0.05, 0) is 31.4 Å². The van der Waals surface area contributed by atoms with Crippen LogP contribution in [-0.2, 0) is 4.74 Å².